The molecule has 38 heavy (non-hydrogen) atoms. The number of ether oxygens (including phenoxy) is 1. The number of alkyl halides is 3. The molecule has 1 amide bonds. The van der Waals surface area contributed by atoms with Gasteiger partial charge in [-0.2, -0.15) is 13.2 Å². The number of hydrogen-bond acceptors (Lipinski definition) is 5. The average molecular weight is 535 g/mol. The highest BCUT2D eigenvalue weighted by molar-refractivity contribution is 5.99. The van der Waals surface area contributed by atoms with Gasteiger partial charge in [-0.3, -0.25) is 9.59 Å². The van der Waals surface area contributed by atoms with E-state index in [1.165, 1.54) is 19.1 Å². The summed E-state index contributed by atoms with van der Waals surface area (Å²) in [5.41, 5.74) is 0.317. The standard InChI is InChI=1S/C28H37F3N4O3/c1-18-22(8-6-9-24(18)28(29,30)31)19(2)32-27(37)23-17-35(21-10-13-38-14-11-21)26(36)15-25(23)33-20-7-4-5-12-34(3)16-20/h6,8-9,15,17,19-21,33H,4-5,7,10-14,16H2,1-3H3,(H,32,37)/t19?,20-/m1/s1. The predicted molar refractivity (Wildman–Crippen MR) is 141 cm³/mol. The molecule has 0 radical (unpaired) electrons. The van der Waals surface area contributed by atoms with Gasteiger partial charge in [0, 0.05) is 44.1 Å². The molecular formula is C28H37F3N4O3. The fourth-order valence-electron chi connectivity index (χ4n) is 5.55. The Bertz CT molecular complexity index is 1190. The van der Waals surface area contributed by atoms with Gasteiger partial charge in [0.05, 0.1) is 22.9 Å². The summed E-state index contributed by atoms with van der Waals surface area (Å²) in [6.07, 6.45) is 1.49. The van der Waals surface area contributed by atoms with E-state index in [0.29, 0.717) is 42.9 Å². The van der Waals surface area contributed by atoms with Crippen molar-refractivity contribution in [2.75, 3.05) is 38.7 Å². The van der Waals surface area contributed by atoms with Crippen LogP contribution in [0, 0.1) is 6.92 Å². The van der Waals surface area contributed by atoms with Crippen LogP contribution in [-0.2, 0) is 10.9 Å². The van der Waals surface area contributed by atoms with Crippen LogP contribution in [0.3, 0.4) is 0 Å². The van der Waals surface area contributed by atoms with E-state index in [1.807, 2.05) is 0 Å². The molecule has 2 aliphatic rings. The molecule has 4 rings (SSSR count). The molecule has 1 aromatic carbocycles. The normalized spacial score (nSPS) is 20.5. The Kier molecular flexibility index (Phi) is 8.82. The minimum atomic E-state index is -4.48. The second-order valence-corrected chi connectivity index (χ2v) is 10.5. The number of amides is 1. The predicted octanol–water partition coefficient (Wildman–Crippen LogP) is 4.91. The van der Waals surface area contributed by atoms with Crippen molar-refractivity contribution < 1.29 is 22.7 Å². The Hall–Kier alpha value is -2.85. The maximum atomic E-state index is 13.6. The number of carbonyl (C=O) groups is 1. The molecular weight excluding hydrogens is 497 g/mol. The molecule has 3 heterocycles. The van der Waals surface area contributed by atoms with Crippen LogP contribution in [0.2, 0.25) is 0 Å². The van der Waals surface area contributed by atoms with Crippen molar-refractivity contribution in [1.29, 1.82) is 0 Å². The summed E-state index contributed by atoms with van der Waals surface area (Å²) in [6, 6.07) is 4.79. The number of nitrogens with one attached hydrogen (secondary N) is 2. The van der Waals surface area contributed by atoms with Gasteiger partial charge in [0.25, 0.3) is 11.5 Å². The summed E-state index contributed by atoms with van der Waals surface area (Å²) < 4.78 is 47.4. The van der Waals surface area contributed by atoms with Crippen molar-refractivity contribution in [2.24, 2.45) is 0 Å². The monoisotopic (exact) mass is 534 g/mol. The zero-order valence-corrected chi connectivity index (χ0v) is 22.2. The Labute approximate surface area is 221 Å². The van der Waals surface area contributed by atoms with Gasteiger partial charge in [0.2, 0.25) is 0 Å². The van der Waals surface area contributed by atoms with E-state index < -0.39 is 23.7 Å². The number of carbonyl (C=O) groups excluding carboxylic acids is 1. The third kappa shape index (κ3) is 6.58. The largest absolute Gasteiger partial charge is 0.416 e. The van der Waals surface area contributed by atoms with Gasteiger partial charge in [-0.15, -0.1) is 0 Å². The maximum Gasteiger partial charge on any atom is 0.416 e. The first-order valence-corrected chi connectivity index (χ1v) is 13.3. The number of pyridine rings is 1. The number of likely N-dealkylation sites (N-methyl/N-ethyl adjacent to an activating group) is 1. The zero-order chi connectivity index (χ0) is 27.4. The van der Waals surface area contributed by atoms with Crippen LogP contribution >= 0.6 is 0 Å². The zero-order valence-electron chi connectivity index (χ0n) is 22.2. The van der Waals surface area contributed by atoms with Gasteiger partial charge in [0.1, 0.15) is 0 Å². The van der Waals surface area contributed by atoms with E-state index in [-0.39, 0.29) is 23.2 Å². The first-order chi connectivity index (χ1) is 18.0. The molecule has 2 fully saturated rings. The summed E-state index contributed by atoms with van der Waals surface area (Å²) in [4.78, 5) is 29.0. The summed E-state index contributed by atoms with van der Waals surface area (Å²) in [5.74, 6) is -0.445. The molecule has 1 aromatic heterocycles. The first-order valence-electron chi connectivity index (χ1n) is 13.3. The number of aromatic nitrogens is 1. The first kappa shape index (κ1) is 28.2. The molecule has 0 bridgehead atoms. The molecule has 2 aliphatic heterocycles. The van der Waals surface area contributed by atoms with E-state index in [4.69, 9.17) is 4.74 Å². The topological polar surface area (TPSA) is 75.6 Å². The van der Waals surface area contributed by atoms with E-state index in [9.17, 15) is 22.8 Å². The molecule has 1 unspecified atom stereocenters. The summed E-state index contributed by atoms with van der Waals surface area (Å²) in [7, 11) is 2.05. The van der Waals surface area contributed by atoms with Crippen LogP contribution in [0.25, 0.3) is 0 Å². The maximum absolute atomic E-state index is 13.6. The van der Waals surface area contributed by atoms with E-state index >= 15 is 0 Å². The van der Waals surface area contributed by atoms with Crippen molar-refractivity contribution in [2.45, 2.75) is 70.3 Å². The Balaban J connectivity index is 1.65. The van der Waals surface area contributed by atoms with Crippen molar-refractivity contribution in [3.8, 4) is 0 Å². The van der Waals surface area contributed by atoms with Gasteiger partial charge >= 0.3 is 6.18 Å². The molecule has 0 saturated carbocycles. The molecule has 2 saturated heterocycles. The number of rotatable bonds is 6. The lowest BCUT2D eigenvalue weighted by atomic mass is 9.97. The van der Waals surface area contributed by atoms with Crippen molar-refractivity contribution in [3.63, 3.8) is 0 Å². The summed E-state index contributed by atoms with van der Waals surface area (Å²) >= 11 is 0. The molecule has 0 aliphatic carbocycles. The van der Waals surface area contributed by atoms with Crippen molar-refractivity contribution >= 4 is 11.6 Å². The van der Waals surface area contributed by atoms with E-state index in [2.05, 4.69) is 22.6 Å². The van der Waals surface area contributed by atoms with Gasteiger partial charge in [0.15, 0.2) is 0 Å². The highest BCUT2D eigenvalue weighted by atomic mass is 19.4. The highest BCUT2D eigenvalue weighted by Gasteiger charge is 2.33. The number of likely N-dealkylation sites (tertiary alicyclic amines) is 1. The SMILES string of the molecule is Cc1c(C(C)NC(=O)c2cn(C3CCOCC3)c(=O)cc2N[C@@H]2CCCCN(C)C2)cccc1C(F)(F)F. The van der Waals surface area contributed by atoms with Gasteiger partial charge in [-0.05, 0) is 70.3 Å². The molecule has 0 spiro atoms. The number of hydrogen-bond donors (Lipinski definition) is 2. The average Bonchev–Trinajstić information content (AvgIpc) is 3.07. The van der Waals surface area contributed by atoms with Crippen molar-refractivity contribution in [3.05, 3.63) is 63.1 Å². The number of anilines is 1. The van der Waals surface area contributed by atoms with Gasteiger partial charge in [-0.1, -0.05) is 18.6 Å². The third-order valence-corrected chi connectivity index (χ3v) is 7.64. The summed E-state index contributed by atoms with van der Waals surface area (Å²) in [6.45, 7) is 5.94. The minimum Gasteiger partial charge on any atom is -0.381 e. The molecule has 208 valence electrons. The second kappa shape index (κ2) is 11.9. The number of nitrogens with zero attached hydrogens (tertiary/aromatic N) is 2. The van der Waals surface area contributed by atoms with Crippen LogP contribution in [0.5, 0.6) is 0 Å². The van der Waals surface area contributed by atoms with Crippen LogP contribution in [0.15, 0.2) is 35.3 Å². The van der Waals surface area contributed by atoms with Gasteiger partial charge in [-0.25, -0.2) is 0 Å². The summed E-state index contributed by atoms with van der Waals surface area (Å²) in [5, 5.41) is 6.32. The van der Waals surface area contributed by atoms with Crippen LogP contribution in [0.1, 0.15) is 78.2 Å². The second-order valence-electron chi connectivity index (χ2n) is 10.5. The van der Waals surface area contributed by atoms with E-state index in [1.54, 1.807) is 23.8 Å². The minimum absolute atomic E-state index is 0.0653. The molecule has 10 heteroatoms. The lowest BCUT2D eigenvalue weighted by Gasteiger charge is -2.27. The van der Waals surface area contributed by atoms with E-state index in [0.717, 1.165) is 38.4 Å². The molecule has 2 atom stereocenters. The number of benzene rings is 1. The Morgan fingerprint density at radius 2 is 1.89 bits per heavy atom. The third-order valence-electron chi connectivity index (χ3n) is 7.64. The van der Waals surface area contributed by atoms with Gasteiger partial charge < -0.3 is 24.8 Å². The fraction of sp³-hybridized carbons (Fsp3) is 0.571. The molecule has 7 nitrogen and oxygen atoms in total. The Morgan fingerprint density at radius 1 is 1.16 bits per heavy atom. The quantitative estimate of drug-likeness (QED) is 0.551. The molecule has 2 aromatic rings. The van der Waals surface area contributed by atoms with Crippen LogP contribution in [-0.4, -0.2) is 54.8 Å². The number of halogens is 3. The highest BCUT2D eigenvalue weighted by Crippen LogP contribution is 2.34. The van der Waals surface area contributed by atoms with Crippen LogP contribution in [0.4, 0.5) is 18.9 Å². The fourth-order valence-corrected chi connectivity index (χ4v) is 5.55. The smallest absolute Gasteiger partial charge is 0.381 e. The lowest BCUT2D eigenvalue weighted by Crippen LogP contribution is -2.36. The lowest BCUT2D eigenvalue weighted by molar-refractivity contribution is -0.138. The molecule has 2 N–H and O–H groups in total. The Morgan fingerprint density at radius 3 is 2.61 bits per heavy atom. The van der Waals surface area contributed by atoms with Crippen LogP contribution < -0.4 is 16.2 Å². The van der Waals surface area contributed by atoms with Crippen molar-refractivity contribution in [1.82, 2.24) is 14.8 Å².